The molecule has 0 fully saturated rings. The highest BCUT2D eigenvalue weighted by molar-refractivity contribution is 8.00. The van der Waals surface area contributed by atoms with E-state index in [1.165, 1.54) is 17.1 Å². The van der Waals surface area contributed by atoms with Gasteiger partial charge in [-0.2, -0.15) is 4.37 Å². The van der Waals surface area contributed by atoms with Crippen molar-refractivity contribution in [3.8, 4) is 0 Å². The maximum absolute atomic E-state index is 4.30. The van der Waals surface area contributed by atoms with E-state index >= 15 is 0 Å². The minimum atomic E-state index is 0.844. The van der Waals surface area contributed by atoms with Gasteiger partial charge in [-0.3, -0.25) is 0 Å². The van der Waals surface area contributed by atoms with Crippen molar-refractivity contribution in [2.24, 2.45) is 0 Å². The summed E-state index contributed by atoms with van der Waals surface area (Å²) in [5, 5.41) is 2.99. The Bertz CT molecular complexity index is 452. The third-order valence-electron chi connectivity index (χ3n) is 1.95. The number of nitrogens with zero attached hydrogens (tertiary/aromatic N) is 3. The van der Waals surface area contributed by atoms with Crippen molar-refractivity contribution in [1.29, 1.82) is 0 Å². The molecule has 0 saturated carbocycles. The van der Waals surface area contributed by atoms with Gasteiger partial charge in [0.15, 0.2) is 4.34 Å². The summed E-state index contributed by atoms with van der Waals surface area (Å²) in [6.45, 7) is 1.91. The van der Waals surface area contributed by atoms with Gasteiger partial charge in [-0.15, -0.1) is 0 Å². The lowest BCUT2D eigenvalue weighted by Crippen LogP contribution is -1.92. The normalized spacial score (nSPS) is 10.4. The zero-order chi connectivity index (χ0) is 11.4. The Labute approximate surface area is 103 Å². The Morgan fingerprint density at radius 2 is 2.31 bits per heavy atom. The van der Waals surface area contributed by atoms with E-state index in [0.29, 0.717) is 0 Å². The molecule has 0 unspecified atom stereocenters. The van der Waals surface area contributed by atoms with Crippen LogP contribution in [0, 0.1) is 6.92 Å². The third-order valence-corrected chi connectivity index (χ3v) is 3.95. The van der Waals surface area contributed by atoms with Crippen LogP contribution >= 0.6 is 23.3 Å². The van der Waals surface area contributed by atoms with Crippen LogP contribution in [0.15, 0.2) is 22.7 Å². The van der Waals surface area contributed by atoms with Crippen LogP contribution in [-0.4, -0.2) is 21.4 Å². The standard InChI is InChI=1S/C10H12N4S2/c1-7-13-10(16-14-7)15-6-8-3-4-9(11-2)12-5-8/h3-5H,6H2,1-2H3,(H,11,12). The minimum Gasteiger partial charge on any atom is -0.373 e. The first-order valence-corrected chi connectivity index (χ1v) is 6.59. The van der Waals surface area contributed by atoms with Crippen LogP contribution in [0.2, 0.25) is 0 Å². The van der Waals surface area contributed by atoms with E-state index in [1.807, 2.05) is 26.2 Å². The van der Waals surface area contributed by atoms with Gasteiger partial charge in [0, 0.05) is 19.0 Å². The molecule has 0 aliphatic rings. The molecule has 0 aromatic carbocycles. The predicted molar refractivity (Wildman–Crippen MR) is 68.0 cm³/mol. The number of aromatic nitrogens is 3. The SMILES string of the molecule is CNc1ccc(CSc2nc(C)ns2)cn1. The average Bonchev–Trinajstić information content (AvgIpc) is 2.73. The Kier molecular flexibility index (Phi) is 3.74. The molecule has 1 N–H and O–H groups in total. The van der Waals surface area contributed by atoms with Gasteiger partial charge in [-0.25, -0.2) is 9.97 Å². The van der Waals surface area contributed by atoms with Crippen molar-refractivity contribution >= 4 is 29.1 Å². The molecule has 0 atom stereocenters. The van der Waals surface area contributed by atoms with Gasteiger partial charge in [0.2, 0.25) is 0 Å². The highest BCUT2D eigenvalue weighted by Crippen LogP contribution is 2.24. The number of nitrogens with one attached hydrogen (secondary N) is 1. The molecule has 0 aliphatic heterocycles. The molecule has 16 heavy (non-hydrogen) atoms. The van der Waals surface area contributed by atoms with Crippen LogP contribution in [0.1, 0.15) is 11.4 Å². The van der Waals surface area contributed by atoms with Gasteiger partial charge in [-0.1, -0.05) is 17.8 Å². The number of pyridine rings is 1. The predicted octanol–water partition coefficient (Wildman–Crippen LogP) is 2.58. The molecule has 0 amide bonds. The summed E-state index contributed by atoms with van der Waals surface area (Å²) < 4.78 is 5.15. The molecule has 4 nitrogen and oxygen atoms in total. The van der Waals surface area contributed by atoms with E-state index in [0.717, 1.165) is 21.7 Å². The summed E-state index contributed by atoms with van der Waals surface area (Å²) in [6, 6.07) is 4.04. The summed E-state index contributed by atoms with van der Waals surface area (Å²) in [5.74, 6) is 2.61. The third kappa shape index (κ3) is 2.93. The zero-order valence-corrected chi connectivity index (χ0v) is 10.7. The van der Waals surface area contributed by atoms with E-state index in [2.05, 4.69) is 25.7 Å². The van der Waals surface area contributed by atoms with E-state index in [1.54, 1.807) is 11.8 Å². The quantitative estimate of drug-likeness (QED) is 0.848. The molecule has 2 aromatic heterocycles. The molecule has 6 heteroatoms. The summed E-state index contributed by atoms with van der Waals surface area (Å²) in [6.07, 6.45) is 1.88. The van der Waals surface area contributed by atoms with E-state index < -0.39 is 0 Å². The smallest absolute Gasteiger partial charge is 0.170 e. The van der Waals surface area contributed by atoms with Gasteiger partial charge in [0.25, 0.3) is 0 Å². The maximum Gasteiger partial charge on any atom is 0.170 e. The maximum atomic E-state index is 4.30. The largest absolute Gasteiger partial charge is 0.373 e. The Hall–Kier alpha value is -1.14. The van der Waals surface area contributed by atoms with Gasteiger partial charge in [-0.05, 0) is 30.1 Å². The number of aryl methyl sites for hydroxylation is 1. The molecule has 2 heterocycles. The van der Waals surface area contributed by atoms with Crippen LogP contribution in [0.3, 0.4) is 0 Å². The van der Waals surface area contributed by atoms with Crippen LogP contribution in [0.4, 0.5) is 5.82 Å². The van der Waals surface area contributed by atoms with Gasteiger partial charge in [0.1, 0.15) is 11.6 Å². The van der Waals surface area contributed by atoms with E-state index in [4.69, 9.17) is 0 Å². The van der Waals surface area contributed by atoms with Crippen LogP contribution in [0.5, 0.6) is 0 Å². The first-order valence-electron chi connectivity index (χ1n) is 4.84. The number of thioether (sulfide) groups is 1. The zero-order valence-electron chi connectivity index (χ0n) is 9.10. The van der Waals surface area contributed by atoms with Gasteiger partial charge < -0.3 is 5.32 Å². The van der Waals surface area contributed by atoms with Crippen LogP contribution in [0.25, 0.3) is 0 Å². The average molecular weight is 252 g/mol. The molecule has 0 radical (unpaired) electrons. The molecular formula is C10H12N4S2. The highest BCUT2D eigenvalue weighted by Gasteiger charge is 2.02. The lowest BCUT2D eigenvalue weighted by molar-refractivity contribution is 1.10. The second-order valence-electron chi connectivity index (χ2n) is 3.20. The molecule has 0 spiro atoms. The summed E-state index contributed by atoms with van der Waals surface area (Å²) in [7, 11) is 1.86. The summed E-state index contributed by atoms with van der Waals surface area (Å²) in [5.41, 5.74) is 1.19. The summed E-state index contributed by atoms with van der Waals surface area (Å²) in [4.78, 5) is 8.55. The number of rotatable bonds is 4. The topological polar surface area (TPSA) is 50.7 Å². The van der Waals surface area contributed by atoms with Crippen LogP contribution in [-0.2, 0) is 5.75 Å². The Morgan fingerprint density at radius 3 is 2.88 bits per heavy atom. The number of anilines is 1. The van der Waals surface area contributed by atoms with E-state index in [9.17, 15) is 0 Å². The first kappa shape index (κ1) is 11.3. The first-order chi connectivity index (χ1) is 7.78. The molecule has 0 bridgehead atoms. The molecule has 2 aromatic rings. The molecule has 2 rings (SSSR count). The van der Waals surface area contributed by atoms with Crippen molar-refractivity contribution < 1.29 is 0 Å². The van der Waals surface area contributed by atoms with Crippen molar-refractivity contribution in [3.63, 3.8) is 0 Å². The van der Waals surface area contributed by atoms with E-state index in [-0.39, 0.29) is 0 Å². The number of hydrogen-bond acceptors (Lipinski definition) is 6. The van der Waals surface area contributed by atoms with Gasteiger partial charge >= 0.3 is 0 Å². The fraction of sp³-hybridized carbons (Fsp3) is 0.300. The Morgan fingerprint density at radius 1 is 1.44 bits per heavy atom. The lowest BCUT2D eigenvalue weighted by Gasteiger charge is -2.00. The fourth-order valence-corrected chi connectivity index (χ4v) is 2.72. The van der Waals surface area contributed by atoms with Crippen molar-refractivity contribution in [1.82, 2.24) is 14.3 Å². The Balaban J connectivity index is 1.94. The fourth-order valence-electron chi connectivity index (χ4n) is 1.14. The molecule has 84 valence electrons. The second-order valence-corrected chi connectivity index (χ2v) is 5.17. The van der Waals surface area contributed by atoms with Crippen molar-refractivity contribution in [2.45, 2.75) is 17.0 Å². The molecule has 0 saturated heterocycles. The minimum absolute atomic E-state index is 0.844. The van der Waals surface area contributed by atoms with Crippen molar-refractivity contribution in [3.05, 3.63) is 29.7 Å². The lowest BCUT2D eigenvalue weighted by atomic mass is 10.3. The number of hydrogen-bond donors (Lipinski definition) is 1. The monoisotopic (exact) mass is 252 g/mol. The second kappa shape index (κ2) is 5.27. The van der Waals surface area contributed by atoms with Gasteiger partial charge in [0.05, 0.1) is 0 Å². The summed E-state index contributed by atoms with van der Waals surface area (Å²) >= 11 is 3.14. The van der Waals surface area contributed by atoms with Crippen LogP contribution < -0.4 is 5.32 Å². The molecule has 0 aliphatic carbocycles. The van der Waals surface area contributed by atoms with Crippen molar-refractivity contribution in [2.75, 3.05) is 12.4 Å². The molecular weight excluding hydrogens is 240 g/mol. The highest BCUT2D eigenvalue weighted by atomic mass is 32.2.